The van der Waals surface area contributed by atoms with Crippen LogP contribution in [0.25, 0.3) is 16.7 Å². The summed E-state index contributed by atoms with van der Waals surface area (Å²) in [5.74, 6) is 0.880. The fraction of sp³-hybridized carbons (Fsp3) is 0.200. The molecule has 0 spiro atoms. The summed E-state index contributed by atoms with van der Waals surface area (Å²) in [5, 5.41) is 5.70. The van der Waals surface area contributed by atoms with E-state index in [1.807, 2.05) is 35.1 Å². The van der Waals surface area contributed by atoms with Crippen molar-refractivity contribution in [3.8, 4) is 5.82 Å². The van der Waals surface area contributed by atoms with Gasteiger partial charge in [0, 0.05) is 11.6 Å². The minimum Gasteiger partial charge on any atom is -0.229 e. The van der Waals surface area contributed by atoms with Crippen molar-refractivity contribution in [1.29, 1.82) is 0 Å². The molecule has 0 saturated carbocycles. The normalized spacial score (nSPS) is 11.0. The van der Waals surface area contributed by atoms with Crippen LogP contribution in [-0.4, -0.2) is 14.8 Å². The van der Waals surface area contributed by atoms with E-state index in [1.54, 1.807) is 0 Å². The predicted molar refractivity (Wildman–Crippen MR) is 73.0 cm³/mol. The monoisotopic (exact) mass is 237 g/mol. The number of pyridine rings is 1. The maximum absolute atomic E-state index is 4.65. The van der Waals surface area contributed by atoms with Gasteiger partial charge in [0.1, 0.15) is 0 Å². The molecule has 0 fully saturated rings. The minimum absolute atomic E-state index is 0.880. The Balaban J connectivity index is 2.18. The number of hydrogen-bond acceptors (Lipinski definition) is 2. The van der Waals surface area contributed by atoms with E-state index < -0.39 is 0 Å². The van der Waals surface area contributed by atoms with Crippen LogP contribution in [0.3, 0.4) is 0 Å². The van der Waals surface area contributed by atoms with Crippen molar-refractivity contribution < 1.29 is 0 Å². The SMILES string of the molecule is CCc1ccn(-c2cc(C)c3ccccc3n2)n1. The number of fused-ring (bicyclic) bond motifs is 1. The fourth-order valence-corrected chi connectivity index (χ4v) is 2.13. The topological polar surface area (TPSA) is 30.7 Å². The van der Waals surface area contributed by atoms with Gasteiger partial charge in [-0.25, -0.2) is 9.67 Å². The van der Waals surface area contributed by atoms with Crippen LogP contribution in [0.4, 0.5) is 0 Å². The van der Waals surface area contributed by atoms with Gasteiger partial charge in [0.05, 0.1) is 11.2 Å². The highest BCUT2D eigenvalue weighted by Crippen LogP contribution is 2.19. The molecule has 0 unspecified atom stereocenters. The first kappa shape index (κ1) is 11.0. The third-order valence-electron chi connectivity index (χ3n) is 3.15. The molecule has 0 saturated heterocycles. The summed E-state index contributed by atoms with van der Waals surface area (Å²) in [4.78, 5) is 4.65. The molecule has 3 aromatic rings. The van der Waals surface area contributed by atoms with Gasteiger partial charge in [-0.1, -0.05) is 25.1 Å². The van der Waals surface area contributed by atoms with Crippen LogP contribution in [0.2, 0.25) is 0 Å². The standard InChI is InChI=1S/C15H15N3/c1-3-12-8-9-18(17-12)15-10-11(2)13-6-4-5-7-14(13)16-15/h4-10H,3H2,1-2H3. The Labute approximate surface area is 106 Å². The van der Waals surface area contributed by atoms with Crippen LogP contribution < -0.4 is 0 Å². The van der Waals surface area contributed by atoms with Crippen LogP contribution in [0, 0.1) is 6.92 Å². The molecule has 3 heteroatoms. The van der Waals surface area contributed by atoms with Gasteiger partial charge in [0.25, 0.3) is 0 Å². The zero-order chi connectivity index (χ0) is 12.5. The van der Waals surface area contributed by atoms with Crippen LogP contribution in [0.5, 0.6) is 0 Å². The van der Waals surface area contributed by atoms with Crippen LogP contribution in [-0.2, 0) is 6.42 Å². The van der Waals surface area contributed by atoms with E-state index in [-0.39, 0.29) is 0 Å². The minimum atomic E-state index is 0.880. The lowest BCUT2D eigenvalue weighted by Gasteiger charge is -2.06. The average Bonchev–Trinajstić information content (AvgIpc) is 2.87. The zero-order valence-electron chi connectivity index (χ0n) is 10.6. The summed E-state index contributed by atoms with van der Waals surface area (Å²) in [6.07, 6.45) is 2.91. The predicted octanol–water partition coefficient (Wildman–Crippen LogP) is 3.29. The number of nitrogens with zero attached hydrogens (tertiary/aromatic N) is 3. The van der Waals surface area contributed by atoms with E-state index in [9.17, 15) is 0 Å². The van der Waals surface area contributed by atoms with Gasteiger partial charge in [-0.05, 0) is 37.1 Å². The van der Waals surface area contributed by atoms with Gasteiger partial charge >= 0.3 is 0 Å². The largest absolute Gasteiger partial charge is 0.229 e. The zero-order valence-corrected chi connectivity index (χ0v) is 10.6. The summed E-state index contributed by atoms with van der Waals surface area (Å²) < 4.78 is 1.85. The van der Waals surface area contributed by atoms with Gasteiger partial charge < -0.3 is 0 Å². The third-order valence-corrected chi connectivity index (χ3v) is 3.15. The van der Waals surface area contributed by atoms with E-state index in [2.05, 4.69) is 36.1 Å². The molecule has 18 heavy (non-hydrogen) atoms. The highest BCUT2D eigenvalue weighted by Gasteiger charge is 2.05. The second-order valence-electron chi connectivity index (χ2n) is 4.42. The number of aryl methyl sites for hydroxylation is 2. The molecule has 0 aliphatic rings. The van der Waals surface area contributed by atoms with Gasteiger partial charge in [-0.15, -0.1) is 0 Å². The van der Waals surface area contributed by atoms with Crippen molar-refractivity contribution in [2.45, 2.75) is 20.3 Å². The summed E-state index contributed by atoms with van der Waals surface area (Å²) >= 11 is 0. The number of aromatic nitrogens is 3. The molecular weight excluding hydrogens is 222 g/mol. The maximum Gasteiger partial charge on any atom is 0.154 e. The quantitative estimate of drug-likeness (QED) is 0.684. The molecule has 0 amide bonds. The third kappa shape index (κ3) is 1.78. The van der Waals surface area contributed by atoms with E-state index in [0.717, 1.165) is 23.4 Å². The molecule has 3 rings (SSSR count). The molecule has 2 aromatic heterocycles. The first-order valence-corrected chi connectivity index (χ1v) is 6.19. The molecule has 0 N–H and O–H groups in total. The number of rotatable bonds is 2. The molecule has 0 aliphatic carbocycles. The molecule has 0 bridgehead atoms. The number of benzene rings is 1. The van der Waals surface area contributed by atoms with Crippen molar-refractivity contribution in [3.05, 3.63) is 53.9 Å². The average molecular weight is 237 g/mol. The summed E-state index contributed by atoms with van der Waals surface area (Å²) in [7, 11) is 0. The van der Waals surface area contributed by atoms with E-state index >= 15 is 0 Å². The van der Waals surface area contributed by atoms with Crippen LogP contribution in [0.1, 0.15) is 18.2 Å². The highest BCUT2D eigenvalue weighted by atomic mass is 15.3. The summed E-state index contributed by atoms with van der Waals surface area (Å²) in [5.41, 5.74) is 3.33. The molecule has 0 radical (unpaired) electrons. The van der Waals surface area contributed by atoms with E-state index in [1.165, 1.54) is 10.9 Å². The maximum atomic E-state index is 4.65. The first-order valence-electron chi connectivity index (χ1n) is 6.19. The number of para-hydroxylation sites is 1. The molecular formula is C15H15N3. The Hall–Kier alpha value is -2.16. The van der Waals surface area contributed by atoms with E-state index in [0.29, 0.717) is 0 Å². The first-order chi connectivity index (χ1) is 8.78. The van der Waals surface area contributed by atoms with Crippen molar-refractivity contribution in [3.63, 3.8) is 0 Å². The smallest absolute Gasteiger partial charge is 0.154 e. The molecule has 0 aliphatic heterocycles. The lowest BCUT2D eigenvalue weighted by atomic mass is 10.1. The second kappa shape index (κ2) is 4.26. The Bertz CT molecular complexity index is 698. The molecule has 2 heterocycles. The Kier molecular flexibility index (Phi) is 2.59. The van der Waals surface area contributed by atoms with Gasteiger partial charge in [-0.3, -0.25) is 0 Å². The van der Waals surface area contributed by atoms with Crippen LogP contribution >= 0.6 is 0 Å². The van der Waals surface area contributed by atoms with Crippen LogP contribution in [0.15, 0.2) is 42.6 Å². The fourth-order valence-electron chi connectivity index (χ4n) is 2.13. The lowest BCUT2D eigenvalue weighted by Crippen LogP contribution is -2.00. The van der Waals surface area contributed by atoms with Crippen molar-refractivity contribution >= 4 is 10.9 Å². The lowest BCUT2D eigenvalue weighted by molar-refractivity contribution is 0.819. The van der Waals surface area contributed by atoms with Crippen molar-refractivity contribution in [2.24, 2.45) is 0 Å². The molecule has 0 atom stereocenters. The Morgan fingerprint density at radius 1 is 1.17 bits per heavy atom. The number of hydrogen-bond donors (Lipinski definition) is 0. The molecule has 90 valence electrons. The second-order valence-corrected chi connectivity index (χ2v) is 4.42. The Morgan fingerprint density at radius 3 is 2.78 bits per heavy atom. The van der Waals surface area contributed by atoms with E-state index in [4.69, 9.17) is 0 Å². The summed E-state index contributed by atoms with van der Waals surface area (Å²) in [6.45, 7) is 4.21. The van der Waals surface area contributed by atoms with Crippen molar-refractivity contribution in [1.82, 2.24) is 14.8 Å². The summed E-state index contributed by atoms with van der Waals surface area (Å²) in [6, 6.07) is 12.3. The highest BCUT2D eigenvalue weighted by molar-refractivity contribution is 5.82. The van der Waals surface area contributed by atoms with Gasteiger partial charge in [-0.2, -0.15) is 5.10 Å². The Morgan fingerprint density at radius 2 is 2.00 bits per heavy atom. The van der Waals surface area contributed by atoms with Crippen molar-refractivity contribution in [2.75, 3.05) is 0 Å². The van der Waals surface area contributed by atoms with Gasteiger partial charge in [0.2, 0.25) is 0 Å². The van der Waals surface area contributed by atoms with Gasteiger partial charge in [0.15, 0.2) is 5.82 Å². The molecule has 3 nitrogen and oxygen atoms in total. The molecule has 1 aromatic carbocycles.